The fourth-order valence-corrected chi connectivity index (χ4v) is 1.31. The Kier molecular flexibility index (Phi) is 8.54. The molecule has 0 aromatic rings. The molecule has 2 heteroatoms. The second-order valence-electron chi connectivity index (χ2n) is 3.45. The predicted octanol–water partition coefficient (Wildman–Crippen LogP) is 3.12. The molecular formula is C12H22O2. The van der Waals surface area contributed by atoms with E-state index >= 15 is 0 Å². The van der Waals surface area contributed by atoms with E-state index in [1.54, 1.807) is 0 Å². The highest BCUT2D eigenvalue weighted by Crippen LogP contribution is 2.06. The molecule has 0 spiro atoms. The van der Waals surface area contributed by atoms with Crippen LogP contribution in [0.3, 0.4) is 0 Å². The fraction of sp³-hybridized carbons (Fsp3) is 0.750. The summed E-state index contributed by atoms with van der Waals surface area (Å²) in [4.78, 5) is 11.4. The first-order valence-electron chi connectivity index (χ1n) is 5.47. The van der Waals surface area contributed by atoms with E-state index in [1.807, 2.05) is 19.9 Å². The highest BCUT2D eigenvalue weighted by molar-refractivity contribution is 5.82. The Morgan fingerprint density at radius 1 is 1.43 bits per heavy atom. The second-order valence-corrected chi connectivity index (χ2v) is 3.45. The third-order valence-corrected chi connectivity index (χ3v) is 2.20. The van der Waals surface area contributed by atoms with Gasteiger partial charge in [0.15, 0.2) is 5.78 Å². The van der Waals surface area contributed by atoms with Crippen LogP contribution >= 0.6 is 0 Å². The molecule has 1 atom stereocenters. The Balaban J connectivity index is 3.38. The van der Waals surface area contributed by atoms with E-state index < -0.39 is 0 Å². The number of carbonyl (C=O) groups is 1. The molecule has 0 fully saturated rings. The Morgan fingerprint density at radius 3 is 2.71 bits per heavy atom. The topological polar surface area (TPSA) is 26.3 Å². The fourth-order valence-electron chi connectivity index (χ4n) is 1.31. The minimum Gasteiger partial charge on any atom is -0.371 e. The lowest BCUT2D eigenvalue weighted by Crippen LogP contribution is -2.20. The molecule has 0 rings (SSSR count). The summed E-state index contributed by atoms with van der Waals surface area (Å²) in [6, 6.07) is 0. The van der Waals surface area contributed by atoms with Crippen LogP contribution in [0, 0.1) is 0 Å². The van der Waals surface area contributed by atoms with Crippen LogP contribution in [0.2, 0.25) is 0 Å². The van der Waals surface area contributed by atoms with Crippen LogP contribution in [0.4, 0.5) is 0 Å². The first-order chi connectivity index (χ1) is 6.72. The maximum atomic E-state index is 11.4. The number of ketones is 1. The van der Waals surface area contributed by atoms with Gasteiger partial charge in [-0.25, -0.2) is 0 Å². The molecule has 0 N–H and O–H groups in total. The van der Waals surface area contributed by atoms with E-state index in [9.17, 15) is 4.79 Å². The Hall–Kier alpha value is -0.630. The number of unbranched alkanes of at least 4 members (excludes halogenated alkanes) is 3. The number of ether oxygens (including phenoxy) is 1. The molecular weight excluding hydrogens is 176 g/mol. The number of Topliss-reactive ketones (excluding diaryl/α,β-unsaturated/α-hetero) is 1. The summed E-state index contributed by atoms with van der Waals surface area (Å²) < 4.78 is 5.22. The van der Waals surface area contributed by atoms with Crippen molar-refractivity contribution in [1.82, 2.24) is 0 Å². The molecule has 0 saturated heterocycles. The number of allylic oxidation sites excluding steroid dienone is 1. The zero-order valence-electron chi connectivity index (χ0n) is 9.42. The van der Waals surface area contributed by atoms with Crippen molar-refractivity contribution in [2.24, 2.45) is 0 Å². The number of rotatable bonds is 9. The maximum absolute atomic E-state index is 11.4. The molecule has 1 unspecified atom stereocenters. The van der Waals surface area contributed by atoms with Crippen LogP contribution in [0.15, 0.2) is 12.7 Å². The Labute approximate surface area is 87.3 Å². The molecule has 14 heavy (non-hydrogen) atoms. The number of hydrogen-bond donors (Lipinski definition) is 0. The van der Waals surface area contributed by atoms with Gasteiger partial charge in [0.1, 0.15) is 6.10 Å². The van der Waals surface area contributed by atoms with Crippen molar-refractivity contribution < 1.29 is 9.53 Å². The summed E-state index contributed by atoms with van der Waals surface area (Å²) in [5.41, 5.74) is 0. The Bertz CT molecular complexity index is 164. The minimum atomic E-state index is -0.223. The summed E-state index contributed by atoms with van der Waals surface area (Å²) in [7, 11) is 0. The summed E-state index contributed by atoms with van der Waals surface area (Å²) in [5, 5.41) is 0. The molecule has 0 aliphatic rings. The van der Waals surface area contributed by atoms with Crippen LogP contribution in [-0.4, -0.2) is 18.5 Å². The molecule has 0 amide bonds. The van der Waals surface area contributed by atoms with Crippen molar-refractivity contribution in [3.05, 3.63) is 12.7 Å². The standard InChI is InChI=1S/C12H22O2/c1-4-6-7-8-9-10-12(13)11(3)14-5-2/h4,11H,1,5-10H2,2-3H3. The van der Waals surface area contributed by atoms with E-state index in [0.29, 0.717) is 13.0 Å². The molecule has 0 radical (unpaired) electrons. The van der Waals surface area contributed by atoms with E-state index in [4.69, 9.17) is 4.74 Å². The maximum Gasteiger partial charge on any atom is 0.161 e. The monoisotopic (exact) mass is 198 g/mol. The van der Waals surface area contributed by atoms with Gasteiger partial charge >= 0.3 is 0 Å². The van der Waals surface area contributed by atoms with Crippen molar-refractivity contribution in [3.8, 4) is 0 Å². The second kappa shape index (κ2) is 8.95. The largest absolute Gasteiger partial charge is 0.371 e. The molecule has 0 aromatic heterocycles. The zero-order valence-corrected chi connectivity index (χ0v) is 9.42. The van der Waals surface area contributed by atoms with Gasteiger partial charge in [-0.3, -0.25) is 4.79 Å². The van der Waals surface area contributed by atoms with E-state index in [-0.39, 0.29) is 11.9 Å². The lowest BCUT2D eigenvalue weighted by Gasteiger charge is -2.09. The zero-order chi connectivity index (χ0) is 10.8. The van der Waals surface area contributed by atoms with E-state index in [0.717, 1.165) is 25.7 Å². The van der Waals surface area contributed by atoms with E-state index in [1.165, 1.54) is 0 Å². The lowest BCUT2D eigenvalue weighted by atomic mass is 10.1. The molecule has 0 aliphatic heterocycles. The highest BCUT2D eigenvalue weighted by atomic mass is 16.5. The first kappa shape index (κ1) is 13.4. The van der Waals surface area contributed by atoms with Gasteiger partial charge in [-0.05, 0) is 33.1 Å². The third-order valence-electron chi connectivity index (χ3n) is 2.20. The molecule has 0 heterocycles. The van der Waals surface area contributed by atoms with Crippen LogP contribution in [-0.2, 0) is 9.53 Å². The van der Waals surface area contributed by atoms with Crippen molar-refractivity contribution in [2.75, 3.05) is 6.61 Å². The minimum absolute atomic E-state index is 0.223. The van der Waals surface area contributed by atoms with Crippen molar-refractivity contribution in [1.29, 1.82) is 0 Å². The van der Waals surface area contributed by atoms with E-state index in [2.05, 4.69) is 6.58 Å². The van der Waals surface area contributed by atoms with Crippen LogP contribution in [0.5, 0.6) is 0 Å². The molecule has 2 nitrogen and oxygen atoms in total. The van der Waals surface area contributed by atoms with Crippen LogP contribution in [0.1, 0.15) is 46.0 Å². The quantitative estimate of drug-likeness (QED) is 0.420. The third kappa shape index (κ3) is 6.84. The highest BCUT2D eigenvalue weighted by Gasteiger charge is 2.11. The first-order valence-corrected chi connectivity index (χ1v) is 5.47. The van der Waals surface area contributed by atoms with Gasteiger partial charge in [0.25, 0.3) is 0 Å². The van der Waals surface area contributed by atoms with Gasteiger partial charge in [0.05, 0.1) is 0 Å². The Morgan fingerprint density at radius 2 is 2.14 bits per heavy atom. The molecule has 0 aromatic carbocycles. The molecule has 0 aliphatic carbocycles. The lowest BCUT2D eigenvalue weighted by molar-refractivity contribution is -0.129. The average Bonchev–Trinajstić information content (AvgIpc) is 2.17. The van der Waals surface area contributed by atoms with Gasteiger partial charge < -0.3 is 4.74 Å². The van der Waals surface area contributed by atoms with Crippen LogP contribution < -0.4 is 0 Å². The smallest absolute Gasteiger partial charge is 0.161 e. The summed E-state index contributed by atoms with van der Waals surface area (Å²) in [5.74, 6) is 0.227. The molecule has 0 bridgehead atoms. The normalized spacial score (nSPS) is 12.4. The number of hydrogen-bond acceptors (Lipinski definition) is 2. The van der Waals surface area contributed by atoms with Crippen molar-refractivity contribution >= 4 is 5.78 Å². The predicted molar refractivity (Wildman–Crippen MR) is 59.4 cm³/mol. The van der Waals surface area contributed by atoms with Gasteiger partial charge in [-0.15, -0.1) is 6.58 Å². The van der Waals surface area contributed by atoms with Gasteiger partial charge in [0, 0.05) is 13.0 Å². The molecule has 82 valence electrons. The summed E-state index contributed by atoms with van der Waals surface area (Å²) >= 11 is 0. The SMILES string of the molecule is C=CCCCCCC(=O)C(C)OCC. The van der Waals surface area contributed by atoms with Crippen molar-refractivity contribution in [2.45, 2.75) is 52.1 Å². The summed E-state index contributed by atoms with van der Waals surface area (Å²) in [6.45, 7) is 8.01. The van der Waals surface area contributed by atoms with Gasteiger partial charge in [-0.1, -0.05) is 12.5 Å². The van der Waals surface area contributed by atoms with Crippen molar-refractivity contribution in [3.63, 3.8) is 0 Å². The average molecular weight is 198 g/mol. The van der Waals surface area contributed by atoms with Crippen LogP contribution in [0.25, 0.3) is 0 Å². The van der Waals surface area contributed by atoms with Gasteiger partial charge in [-0.2, -0.15) is 0 Å². The molecule has 0 saturated carbocycles. The number of carbonyl (C=O) groups excluding carboxylic acids is 1. The summed E-state index contributed by atoms with van der Waals surface area (Å²) in [6.07, 6.45) is 6.62. The van der Waals surface area contributed by atoms with Gasteiger partial charge in [0.2, 0.25) is 0 Å².